The molecule has 0 aliphatic carbocycles. The minimum atomic E-state index is -0.694. The van der Waals surface area contributed by atoms with Crippen LogP contribution in [0.15, 0.2) is 29.5 Å². The molecule has 2 amide bonds. The van der Waals surface area contributed by atoms with E-state index in [0.29, 0.717) is 28.3 Å². The van der Waals surface area contributed by atoms with Gasteiger partial charge >= 0.3 is 12.0 Å². The van der Waals surface area contributed by atoms with E-state index in [9.17, 15) is 9.59 Å². The molecule has 1 aromatic rings. The van der Waals surface area contributed by atoms with E-state index in [4.69, 9.17) is 14.2 Å². The van der Waals surface area contributed by atoms with Crippen LogP contribution in [0.5, 0.6) is 11.5 Å². The molecule has 1 aliphatic rings. The lowest BCUT2D eigenvalue weighted by molar-refractivity contribution is -0.143. The van der Waals surface area contributed by atoms with Gasteiger partial charge in [0.2, 0.25) is 0 Å². The number of esters is 1. The van der Waals surface area contributed by atoms with Gasteiger partial charge in [-0.25, -0.2) is 9.59 Å². The molecule has 1 atom stereocenters. The fourth-order valence-corrected chi connectivity index (χ4v) is 2.75. The van der Waals surface area contributed by atoms with Crippen LogP contribution in [0.3, 0.4) is 0 Å². The average molecular weight is 348 g/mol. The third kappa shape index (κ3) is 3.55. The highest BCUT2D eigenvalue weighted by atomic mass is 16.5. The van der Waals surface area contributed by atoms with Crippen molar-refractivity contribution in [1.29, 1.82) is 0 Å². The first-order valence-corrected chi connectivity index (χ1v) is 7.98. The van der Waals surface area contributed by atoms with Gasteiger partial charge in [-0.05, 0) is 26.8 Å². The van der Waals surface area contributed by atoms with Crippen LogP contribution in [-0.2, 0) is 9.53 Å². The molecule has 2 rings (SSSR count). The quantitative estimate of drug-likeness (QED) is 0.828. The van der Waals surface area contributed by atoms with Crippen LogP contribution < -0.4 is 14.8 Å². The van der Waals surface area contributed by atoms with Crippen LogP contribution in [0, 0.1) is 0 Å². The SMILES string of the molecule is COc1cccc(C2NC(=O)N(C)C(C)=C2C(=O)OC(C)C)c1OC. The molecule has 0 spiro atoms. The molecular weight excluding hydrogens is 324 g/mol. The maximum atomic E-state index is 12.7. The molecule has 0 aromatic heterocycles. The third-order valence-corrected chi connectivity index (χ3v) is 4.06. The minimum Gasteiger partial charge on any atom is -0.493 e. The summed E-state index contributed by atoms with van der Waals surface area (Å²) in [6.45, 7) is 5.27. The van der Waals surface area contributed by atoms with Crippen molar-refractivity contribution in [3.63, 3.8) is 0 Å². The largest absolute Gasteiger partial charge is 0.493 e. The Balaban J connectivity index is 2.61. The Labute approximate surface area is 147 Å². The Morgan fingerprint density at radius 1 is 1.24 bits per heavy atom. The van der Waals surface area contributed by atoms with Crippen LogP contribution in [0.2, 0.25) is 0 Å². The van der Waals surface area contributed by atoms with Crippen molar-refractivity contribution >= 4 is 12.0 Å². The number of nitrogens with one attached hydrogen (secondary N) is 1. The van der Waals surface area contributed by atoms with Gasteiger partial charge in [-0.2, -0.15) is 0 Å². The van der Waals surface area contributed by atoms with Crippen molar-refractivity contribution in [2.24, 2.45) is 0 Å². The summed E-state index contributed by atoms with van der Waals surface area (Å²) in [5, 5.41) is 2.84. The van der Waals surface area contributed by atoms with E-state index in [1.54, 1.807) is 46.0 Å². The number of urea groups is 1. The second-order valence-electron chi connectivity index (χ2n) is 5.98. The van der Waals surface area contributed by atoms with Crippen LogP contribution in [-0.4, -0.2) is 44.3 Å². The van der Waals surface area contributed by atoms with E-state index >= 15 is 0 Å². The van der Waals surface area contributed by atoms with Crippen LogP contribution in [0.25, 0.3) is 0 Å². The number of carbonyl (C=O) groups excluding carboxylic acids is 2. The van der Waals surface area contributed by atoms with E-state index in [0.717, 1.165) is 0 Å². The van der Waals surface area contributed by atoms with E-state index in [2.05, 4.69) is 5.32 Å². The highest BCUT2D eigenvalue weighted by Crippen LogP contribution is 2.40. The molecule has 0 fully saturated rings. The second-order valence-corrected chi connectivity index (χ2v) is 5.98. The molecule has 1 heterocycles. The molecule has 0 radical (unpaired) electrons. The number of benzene rings is 1. The lowest BCUT2D eigenvalue weighted by Crippen LogP contribution is -2.46. The summed E-state index contributed by atoms with van der Waals surface area (Å²) >= 11 is 0. The lowest BCUT2D eigenvalue weighted by Gasteiger charge is -2.34. The van der Waals surface area contributed by atoms with Gasteiger partial charge in [-0.15, -0.1) is 0 Å². The van der Waals surface area contributed by atoms with Crippen molar-refractivity contribution in [1.82, 2.24) is 10.2 Å². The number of hydrogen-bond donors (Lipinski definition) is 1. The zero-order valence-corrected chi connectivity index (χ0v) is 15.4. The summed E-state index contributed by atoms with van der Waals surface area (Å²) in [5.74, 6) is 0.499. The highest BCUT2D eigenvalue weighted by molar-refractivity contribution is 5.95. The number of methoxy groups -OCH3 is 2. The number of carbonyl (C=O) groups is 2. The zero-order valence-electron chi connectivity index (χ0n) is 15.4. The maximum Gasteiger partial charge on any atom is 0.338 e. The number of para-hydroxylation sites is 1. The first-order valence-electron chi connectivity index (χ1n) is 7.98. The van der Waals surface area contributed by atoms with Crippen molar-refractivity contribution in [2.45, 2.75) is 32.9 Å². The van der Waals surface area contributed by atoms with E-state index in [-0.39, 0.29) is 12.1 Å². The van der Waals surface area contributed by atoms with Gasteiger partial charge in [0.1, 0.15) is 0 Å². The number of ether oxygens (including phenoxy) is 3. The lowest BCUT2D eigenvalue weighted by atomic mass is 9.94. The highest BCUT2D eigenvalue weighted by Gasteiger charge is 2.37. The fourth-order valence-electron chi connectivity index (χ4n) is 2.75. The normalized spacial score (nSPS) is 17.5. The molecule has 1 unspecified atom stereocenters. The van der Waals surface area contributed by atoms with Gasteiger partial charge in [0.05, 0.1) is 31.9 Å². The van der Waals surface area contributed by atoms with Gasteiger partial charge in [-0.1, -0.05) is 12.1 Å². The summed E-state index contributed by atoms with van der Waals surface area (Å²) in [4.78, 5) is 26.4. The van der Waals surface area contributed by atoms with Gasteiger partial charge in [0, 0.05) is 18.3 Å². The first-order chi connectivity index (χ1) is 11.8. The van der Waals surface area contributed by atoms with E-state index in [1.807, 2.05) is 0 Å². The summed E-state index contributed by atoms with van der Waals surface area (Å²) in [7, 11) is 4.65. The molecule has 1 aromatic carbocycles. The number of rotatable bonds is 5. The van der Waals surface area contributed by atoms with Crippen molar-refractivity contribution in [2.75, 3.05) is 21.3 Å². The minimum absolute atomic E-state index is 0.274. The van der Waals surface area contributed by atoms with Crippen molar-refractivity contribution in [3.05, 3.63) is 35.0 Å². The average Bonchev–Trinajstić information content (AvgIpc) is 2.57. The fraction of sp³-hybridized carbons (Fsp3) is 0.444. The Morgan fingerprint density at radius 2 is 1.92 bits per heavy atom. The summed E-state index contributed by atoms with van der Waals surface area (Å²) in [6.07, 6.45) is -0.274. The van der Waals surface area contributed by atoms with Gasteiger partial charge in [0.25, 0.3) is 0 Å². The molecule has 1 aliphatic heterocycles. The molecule has 7 heteroatoms. The Bertz CT molecular complexity index is 711. The predicted octanol–water partition coefficient (Wildman–Crippen LogP) is 2.63. The smallest absolute Gasteiger partial charge is 0.338 e. The molecule has 136 valence electrons. The molecule has 25 heavy (non-hydrogen) atoms. The van der Waals surface area contributed by atoms with E-state index in [1.165, 1.54) is 19.1 Å². The topological polar surface area (TPSA) is 77.1 Å². The molecule has 1 N–H and O–H groups in total. The molecule has 0 saturated heterocycles. The predicted molar refractivity (Wildman–Crippen MR) is 92.5 cm³/mol. The first kappa shape index (κ1) is 18.6. The Kier molecular flexibility index (Phi) is 5.56. The molecular formula is C18H24N2O5. The van der Waals surface area contributed by atoms with Gasteiger partial charge in [-0.3, -0.25) is 0 Å². The molecule has 7 nitrogen and oxygen atoms in total. The Morgan fingerprint density at radius 3 is 2.48 bits per heavy atom. The number of nitrogens with zero attached hydrogens (tertiary/aromatic N) is 1. The van der Waals surface area contributed by atoms with Crippen molar-refractivity contribution in [3.8, 4) is 11.5 Å². The molecule has 0 saturated carbocycles. The van der Waals surface area contributed by atoms with Crippen LogP contribution in [0.4, 0.5) is 4.79 Å². The monoisotopic (exact) mass is 348 g/mol. The van der Waals surface area contributed by atoms with Crippen LogP contribution in [0.1, 0.15) is 32.4 Å². The number of allylic oxidation sites excluding steroid dienone is 1. The number of hydrogen-bond acceptors (Lipinski definition) is 5. The van der Waals surface area contributed by atoms with Crippen LogP contribution >= 0.6 is 0 Å². The maximum absolute atomic E-state index is 12.7. The summed E-state index contributed by atoms with van der Waals surface area (Å²) in [5.41, 5.74) is 1.52. The second kappa shape index (κ2) is 7.46. The number of amides is 2. The summed E-state index contributed by atoms with van der Waals surface area (Å²) in [6, 6.07) is 4.31. The van der Waals surface area contributed by atoms with Gasteiger partial charge in [0.15, 0.2) is 11.5 Å². The zero-order chi connectivity index (χ0) is 18.7. The summed E-state index contributed by atoms with van der Waals surface area (Å²) < 4.78 is 16.2. The van der Waals surface area contributed by atoms with E-state index < -0.39 is 12.0 Å². The van der Waals surface area contributed by atoms with Gasteiger partial charge < -0.3 is 24.4 Å². The standard InChI is InChI=1S/C18H24N2O5/c1-10(2)25-17(21)14-11(3)20(4)18(22)19-15(14)12-8-7-9-13(23-5)16(12)24-6/h7-10,15H,1-6H3,(H,19,22). The Hall–Kier alpha value is -2.70. The van der Waals surface area contributed by atoms with Crippen molar-refractivity contribution < 1.29 is 23.8 Å². The molecule has 0 bridgehead atoms. The third-order valence-electron chi connectivity index (χ3n) is 4.06.